The van der Waals surface area contributed by atoms with Crippen molar-refractivity contribution < 1.29 is 30.8 Å². The molecule has 0 aliphatic carbocycles. The van der Waals surface area contributed by atoms with Gasteiger partial charge in [0.05, 0.1) is 23.9 Å². The molecule has 0 aliphatic rings. The van der Waals surface area contributed by atoms with Crippen LogP contribution in [-0.4, -0.2) is 42.7 Å². The van der Waals surface area contributed by atoms with Gasteiger partial charge in [0, 0.05) is 24.3 Å². The first kappa shape index (κ1) is 27.0. The van der Waals surface area contributed by atoms with Crippen molar-refractivity contribution in [3.8, 4) is 5.75 Å². The van der Waals surface area contributed by atoms with Gasteiger partial charge in [-0.25, -0.2) is 21.2 Å². The second-order valence-electron chi connectivity index (χ2n) is 7.82. The first-order chi connectivity index (χ1) is 17.0. The second-order valence-corrected chi connectivity index (χ2v) is 11.4. The van der Waals surface area contributed by atoms with Crippen molar-refractivity contribution in [2.45, 2.75) is 17.7 Å². The van der Waals surface area contributed by atoms with E-state index in [1.165, 1.54) is 43.5 Å². The lowest BCUT2D eigenvalue weighted by Gasteiger charge is -2.22. The first-order valence-electron chi connectivity index (χ1n) is 10.8. The van der Waals surface area contributed by atoms with Crippen molar-refractivity contribution in [1.82, 2.24) is 0 Å². The van der Waals surface area contributed by atoms with E-state index in [0.29, 0.717) is 22.8 Å². The fraction of sp³-hybridized carbons (Fsp3) is 0.208. The van der Waals surface area contributed by atoms with E-state index < -0.39 is 25.9 Å². The Labute approximate surface area is 210 Å². The van der Waals surface area contributed by atoms with Crippen molar-refractivity contribution in [3.63, 3.8) is 0 Å². The fourth-order valence-electron chi connectivity index (χ4n) is 3.29. The van der Waals surface area contributed by atoms with Crippen LogP contribution in [0.2, 0.25) is 0 Å². The fourth-order valence-corrected chi connectivity index (χ4v) is 5.32. The lowest BCUT2D eigenvalue weighted by atomic mass is 10.2. The molecule has 0 radical (unpaired) electrons. The number of carbonyl (C=O) groups is 1. The van der Waals surface area contributed by atoms with Crippen LogP contribution >= 0.6 is 0 Å². The van der Waals surface area contributed by atoms with Crippen LogP contribution in [-0.2, 0) is 24.8 Å². The Balaban J connectivity index is 1.56. The normalized spacial score (nSPS) is 11.5. The SMILES string of the molecule is COc1ccc(NS(=O)(=O)c2ccc(NC(=O)CCCN(c3ccc(F)cc3)S(C)(=O)=O)cc2)cc1. The molecule has 0 atom stereocenters. The molecule has 0 aromatic heterocycles. The monoisotopic (exact) mass is 535 g/mol. The maximum atomic E-state index is 13.2. The average molecular weight is 536 g/mol. The van der Waals surface area contributed by atoms with Gasteiger partial charge in [-0.1, -0.05) is 0 Å². The Morgan fingerprint density at radius 1 is 0.889 bits per heavy atom. The van der Waals surface area contributed by atoms with E-state index in [0.717, 1.165) is 22.7 Å². The third-order valence-electron chi connectivity index (χ3n) is 5.07. The number of carbonyl (C=O) groups excluding carboxylic acids is 1. The summed E-state index contributed by atoms with van der Waals surface area (Å²) in [7, 11) is -5.95. The molecule has 0 aliphatic heterocycles. The van der Waals surface area contributed by atoms with Gasteiger partial charge in [0.25, 0.3) is 10.0 Å². The van der Waals surface area contributed by atoms with Gasteiger partial charge in [-0.05, 0) is 79.2 Å². The molecule has 192 valence electrons. The molecule has 1 amide bonds. The lowest BCUT2D eigenvalue weighted by molar-refractivity contribution is -0.116. The molecule has 0 fully saturated rings. The minimum Gasteiger partial charge on any atom is -0.497 e. The van der Waals surface area contributed by atoms with Crippen LogP contribution < -0.4 is 19.1 Å². The molecule has 12 heteroatoms. The Morgan fingerprint density at radius 3 is 2.03 bits per heavy atom. The number of halogens is 1. The number of nitrogens with one attached hydrogen (secondary N) is 2. The number of anilines is 3. The van der Waals surface area contributed by atoms with E-state index in [9.17, 15) is 26.0 Å². The Kier molecular flexibility index (Phi) is 8.53. The van der Waals surface area contributed by atoms with Gasteiger partial charge in [0.2, 0.25) is 15.9 Å². The quantitative estimate of drug-likeness (QED) is 0.385. The van der Waals surface area contributed by atoms with Crippen molar-refractivity contribution in [2.75, 3.05) is 34.3 Å². The molecule has 3 aromatic carbocycles. The smallest absolute Gasteiger partial charge is 0.261 e. The van der Waals surface area contributed by atoms with E-state index in [-0.39, 0.29) is 30.2 Å². The summed E-state index contributed by atoms with van der Waals surface area (Å²) in [4.78, 5) is 12.3. The number of nitrogens with zero attached hydrogens (tertiary/aromatic N) is 1. The zero-order chi connectivity index (χ0) is 26.3. The van der Waals surface area contributed by atoms with Crippen molar-refractivity contribution in [3.05, 3.63) is 78.6 Å². The molecule has 0 heterocycles. The van der Waals surface area contributed by atoms with Gasteiger partial charge in [0.15, 0.2) is 0 Å². The van der Waals surface area contributed by atoms with E-state index in [4.69, 9.17) is 4.74 Å². The van der Waals surface area contributed by atoms with E-state index in [1.54, 1.807) is 24.3 Å². The number of sulfonamides is 2. The molecular formula is C24H26FN3O6S2. The molecule has 3 aromatic rings. The van der Waals surface area contributed by atoms with Crippen LogP contribution in [0.25, 0.3) is 0 Å². The number of ether oxygens (including phenoxy) is 1. The molecule has 2 N–H and O–H groups in total. The highest BCUT2D eigenvalue weighted by Gasteiger charge is 2.18. The lowest BCUT2D eigenvalue weighted by Crippen LogP contribution is -2.31. The predicted molar refractivity (Wildman–Crippen MR) is 137 cm³/mol. The second kappa shape index (κ2) is 11.4. The zero-order valence-electron chi connectivity index (χ0n) is 19.6. The highest BCUT2D eigenvalue weighted by atomic mass is 32.2. The maximum absolute atomic E-state index is 13.2. The van der Waals surface area contributed by atoms with Gasteiger partial charge in [-0.3, -0.25) is 13.8 Å². The molecule has 0 bridgehead atoms. The van der Waals surface area contributed by atoms with Crippen LogP contribution in [0.5, 0.6) is 5.75 Å². The third-order valence-corrected chi connectivity index (χ3v) is 7.66. The summed E-state index contributed by atoms with van der Waals surface area (Å²) >= 11 is 0. The van der Waals surface area contributed by atoms with Crippen molar-refractivity contribution in [2.24, 2.45) is 0 Å². The molecule has 36 heavy (non-hydrogen) atoms. The number of hydrogen-bond donors (Lipinski definition) is 2. The topological polar surface area (TPSA) is 122 Å². The summed E-state index contributed by atoms with van der Waals surface area (Å²) < 4.78 is 71.2. The highest BCUT2D eigenvalue weighted by Crippen LogP contribution is 2.21. The molecule has 0 saturated heterocycles. The average Bonchev–Trinajstić information content (AvgIpc) is 2.82. The summed E-state index contributed by atoms with van der Waals surface area (Å²) in [6.45, 7) is 0.0338. The summed E-state index contributed by atoms with van der Waals surface area (Å²) in [5.41, 5.74) is 1.07. The van der Waals surface area contributed by atoms with Gasteiger partial charge >= 0.3 is 0 Å². The minimum atomic E-state index is -3.83. The number of amides is 1. The molecular weight excluding hydrogens is 509 g/mol. The van der Waals surface area contributed by atoms with E-state index in [2.05, 4.69) is 10.0 Å². The Morgan fingerprint density at radius 2 is 1.47 bits per heavy atom. The number of rotatable bonds is 11. The van der Waals surface area contributed by atoms with Gasteiger partial charge in [0.1, 0.15) is 11.6 Å². The molecule has 3 rings (SSSR count). The van der Waals surface area contributed by atoms with Gasteiger partial charge in [-0.15, -0.1) is 0 Å². The van der Waals surface area contributed by atoms with E-state index in [1.807, 2.05) is 0 Å². The van der Waals surface area contributed by atoms with Crippen LogP contribution in [0.3, 0.4) is 0 Å². The van der Waals surface area contributed by atoms with Crippen molar-refractivity contribution >= 4 is 43.0 Å². The third kappa shape index (κ3) is 7.43. The Bertz CT molecular complexity index is 1390. The minimum absolute atomic E-state index is 0.0133. The van der Waals surface area contributed by atoms with Crippen LogP contribution in [0.1, 0.15) is 12.8 Å². The van der Waals surface area contributed by atoms with Crippen LogP contribution in [0.4, 0.5) is 21.5 Å². The first-order valence-corrected chi connectivity index (χ1v) is 14.1. The summed E-state index contributed by atoms with van der Waals surface area (Å²) in [5.74, 6) is -0.256. The summed E-state index contributed by atoms with van der Waals surface area (Å²) in [5, 5.41) is 2.66. The zero-order valence-corrected chi connectivity index (χ0v) is 21.3. The van der Waals surface area contributed by atoms with Crippen LogP contribution in [0, 0.1) is 5.82 Å². The number of benzene rings is 3. The number of methoxy groups -OCH3 is 1. The van der Waals surface area contributed by atoms with Gasteiger partial charge < -0.3 is 10.1 Å². The van der Waals surface area contributed by atoms with Crippen LogP contribution in [0.15, 0.2) is 77.7 Å². The summed E-state index contributed by atoms with van der Waals surface area (Å²) in [6, 6.07) is 17.1. The van der Waals surface area contributed by atoms with E-state index >= 15 is 0 Å². The van der Waals surface area contributed by atoms with Crippen molar-refractivity contribution in [1.29, 1.82) is 0 Å². The molecule has 9 nitrogen and oxygen atoms in total. The maximum Gasteiger partial charge on any atom is 0.261 e. The Hall–Kier alpha value is -3.64. The standard InChI is InChI=1S/C24H26FN3O6S2/c1-34-22-13-7-20(8-14-22)27-36(32,33)23-15-9-19(10-16-23)26-24(29)4-3-17-28(35(2,30)31)21-11-5-18(25)6-12-21/h5-16,27H,3-4,17H2,1-2H3,(H,26,29). The molecule has 0 spiro atoms. The van der Waals surface area contributed by atoms with Gasteiger partial charge in [-0.2, -0.15) is 0 Å². The number of hydrogen-bond acceptors (Lipinski definition) is 6. The predicted octanol–water partition coefficient (Wildman–Crippen LogP) is 3.82. The highest BCUT2D eigenvalue weighted by molar-refractivity contribution is 7.92. The largest absolute Gasteiger partial charge is 0.497 e. The summed E-state index contributed by atoms with van der Waals surface area (Å²) in [6.07, 6.45) is 1.27. The molecule has 0 unspecified atom stereocenters. The molecule has 0 saturated carbocycles.